The van der Waals surface area contributed by atoms with Crippen LogP contribution in [0.15, 0.2) is 18.2 Å². The van der Waals surface area contributed by atoms with Crippen LogP contribution in [0.5, 0.6) is 6.01 Å². The SMILES string of the molecule is CCOc1nc(N)nc(Nc2ccc(C#N)c(C#N)c2)n1. The number of ether oxygens (including phenoxy) is 1. The standard InChI is InChI=1S/C13H11N7O/c1-2-21-13-19-11(16)18-12(20-13)17-10-4-3-8(6-14)9(5-10)7-15/h3-5H,2H2,1H3,(H3,16,17,18,19,20). The minimum atomic E-state index is 0.0186. The van der Waals surface area contributed by atoms with Crippen LogP contribution < -0.4 is 15.8 Å². The van der Waals surface area contributed by atoms with E-state index in [1.165, 1.54) is 12.1 Å². The molecule has 1 aromatic carbocycles. The molecule has 0 radical (unpaired) electrons. The van der Waals surface area contributed by atoms with Crippen molar-refractivity contribution in [2.45, 2.75) is 6.92 Å². The fourth-order valence-electron chi connectivity index (χ4n) is 1.56. The number of hydrogen-bond acceptors (Lipinski definition) is 8. The van der Waals surface area contributed by atoms with Crippen LogP contribution in [-0.2, 0) is 0 Å². The molecule has 0 aliphatic rings. The van der Waals surface area contributed by atoms with Gasteiger partial charge in [-0.3, -0.25) is 0 Å². The summed E-state index contributed by atoms with van der Waals surface area (Å²) in [6.07, 6.45) is 0. The number of hydrogen-bond donors (Lipinski definition) is 2. The van der Waals surface area contributed by atoms with Crippen LogP contribution in [0, 0.1) is 22.7 Å². The fourth-order valence-corrected chi connectivity index (χ4v) is 1.56. The fraction of sp³-hybridized carbons (Fsp3) is 0.154. The van der Waals surface area contributed by atoms with E-state index in [1.807, 2.05) is 12.1 Å². The highest BCUT2D eigenvalue weighted by molar-refractivity contribution is 5.60. The highest BCUT2D eigenvalue weighted by Gasteiger charge is 2.07. The molecule has 0 amide bonds. The molecule has 0 saturated carbocycles. The van der Waals surface area contributed by atoms with E-state index in [0.717, 1.165) is 0 Å². The molecule has 8 nitrogen and oxygen atoms in total. The smallest absolute Gasteiger partial charge is 0.323 e. The predicted molar refractivity (Wildman–Crippen MR) is 74.6 cm³/mol. The maximum absolute atomic E-state index is 8.99. The third kappa shape index (κ3) is 3.33. The van der Waals surface area contributed by atoms with E-state index in [1.54, 1.807) is 13.0 Å². The Hall–Kier alpha value is -3.39. The first-order valence-corrected chi connectivity index (χ1v) is 6.02. The summed E-state index contributed by atoms with van der Waals surface area (Å²) < 4.78 is 5.17. The Bertz CT molecular complexity index is 745. The number of nitrogens with one attached hydrogen (secondary N) is 1. The Morgan fingerprint density at radius 3 is 2.62 bits per heavy atom. The highest BCUT2D eigenvalue weighted by atomic mass is 16.5. The zero-order valence-electron chi connectivity index (χ0n) is 11.2. The first kappa shape index (κ1) is 14.0. The average Bonchev–Trinajstić information content (AvgIpc) is 2.46. The van der Waals surface area contributed by atoms with E-state index in [0.29, 0.717) is 17.9 Å². The lowest BCUT2D eigenvalue weighted by Crippen LogP contribution is -2.06. The molecule has 0 aliphatic carbocycles. The van der Waals surface area contributed by atoms with Gasteiger partial charge in [0.25, 0.3) is 0 Å². The molecule has 1 aromatic heterocycles. The summed E-state index contributed by atoms with van der Waals surface area (Å²) in [7, 11) is 0. The second kappa shape index (κ2) is 6.17. The van der Waals surface area contributed by atoms with Crippen LogP contribution >= 0.6 is 0 Å². The molecule has 21 heavy (non-hydrogen) atoms. The normalized spacial score (nSPS) is 9.48. The molecule has 0 unspecified atom stereocenters. The maximum Gasteiger partial charge on any atom is 0.323 e. The van der Waals surface area contributed by atoms with Gasteiger partial charge in [-0.2, -0.15) is 25.5 Å². The lowest BCUT2D eigenvalue weighted by Gasteiger charge is -2.07. The van der Waals surface area contributed by atoms with Gasteiger partial charge in [0.1, 0.15) is 12.1 Å². The molecule has 0 bridgehead atoms. The van der Waals surface area contributed by atoms with Crippen molar-refractivity contribution < 1.29 is 4.74 Å². The van der Waals surface area contributed by atoms with Gasteiger partial charge in [-0.15, -0.1) is 0 Å². The van der Waals surface area contributed by atoms with Crippen molar-refractivity contribution in [3.05, 3.63) is 29.3 Å². The lowest BCUT2D eigenvalue weighted by molar-refractivity contribution is 0.312. The molecule has 2 rings (SSSR count). The number of nitriles is 2. The molecular formula is C13H11N7O. The number of nitrogen functional groups attached to an aromatic ring is 1. The topological polar surface area (TPSA) is 134 Å². The predicted octanol–water partition coefficient (Wildman–Crippen LogP) is 1.34. The van der Waals surface area contributed by atoms with E-state index in [4.69, 9.17) is 21.0 Å². The zero-order chi connectivity index (χ0) is 15.2. The van der Waals surface area contributed by atoms with Crippen molar-refractivity contribution in [2.24, 2.45) is 0 Å². The van der Waals surface area contributed by atoms with Gasteiger partial charge in [-0.1, -0.05) is 0 Å². The van der Waals surface area contributed by atoms with Crippen molar-refractivity contribution in [1.82, 2.24) is 15.0 Å². The Balaban J connectivity index is 2.30. The molecule has 1 heterocycles. The molecular weight excluding hydrogens is 270 g/mol. The van der Waals surface area contributed by atoms with Crippen molar-refractivity contribution in [2.75, 3.05) is 17.7 Å². The molecule has 104 valence electrons. The van der Waals surface area contributed by atoms with Gasteiger partial charge in [0, 0.05) is 5.69 Å². The summed E-state index contributed by atoms with van der Waals surface area (Å²) in [5.74, 6) is 0.213. The third-order valence-electron chi connectivity index (χ3n) is 2.42. The third-order valence-corrected chi connectivity index (χ3v) is 2.42. The van der Waals surface area contributed by atoms with E-state index in [9.17, 15) is 0 Å². The van der Waals surface area contributed by atoms with Crippen molar-refractivity contribution >= 4 is 17.6 Å². The summed E-state index contributed by atoms with van der Waals surface area (Å²) in [6.45, 7) is 2.20. The van der Waals surface area contributed by atoms with Gasteiger partial charge in [-0.25, -0.2) is 0 Å². The number of nitrogens with zero attached hydrogens (tertiary/aromatic N) is 5. The molecule has 0 spiro atoms. The van der Waals surface area contributed by atoms with Crippen LogP contribution in [-0.4, -0.2) is 21.6 Å². The van der Waals surface area contributed by atoms with Gasteiger partial charge in [-0.05, 0) is 25.1 Å². The van der Waals surface area contributed by atoms with Gasteiger partial charge in [0.2, 0.25) is 11.9 Å². The number of anilines is 3. The Morgan fingerprint density at radius 2 is 1.95 bits per heavy atom. The zero-order valence-corrected chi connectivity index (χ0v) is 11.2. The van der Waals surface area contributed by atoms with Crippen molar-refractivity contribution in [3.8, 4) is 18.1 Å². The molecule has 0 aliphatic heterocycles. The van der Waals surface area contributed by atoms with Gasteiger partial charge in [0.15, 0.2) is 0 Å². The van der Waals surface area contributed by atoms with Crippen molar-refractivity contribution in [1.29, 1.82) is 10.5 Å². The molecule has 0 fully saturated rings. The Morgan fingerprint density at radius 1 is 1.19 bits per heavy atom. The minimum absolute atomic E-state index is 0.0186. The van der Waals surface area contributed by atoms with Crippen LogP contribution in [0.3, 0.4) is 0 Å². The average molecular weight is 281 g/mol. The summed E-state index contributed by atoms with van der Waals surface area (Å²) in [5, 5.41) is 20.7. The lowest BCUT2D eigenvalue weighted by atomic mass is 10.1. The van der Waals surface area contributed by atoms with Gasteiger partial charge >= 0.3 is 6.01 Å². The van der Waals surface area contributed by atoms with Crippen LogP contribution in [0.4, 0.5) is 17.6 Å². The monoisotopic (exact) mass is 281 g/mol. The van der Waals surface area contributed by atoms with Crippen LogP contribution in [0.2, 0.25) is 0 Å². The second-order valence-electron chi connectivity index (χ2n) is 3.84. The van der Waals surface area contributed by atoms with Crippen molar-refractivity contribution in [3.63, 3.8) is 0 Å². The largest absolute Gasteiger partial charge is 0.464 e. The van der Waals surface area contributed by atoms with E-state index in [-0.39, 0.29) is 23.5 Å². The number of rotatable bonds is 4. The minimum Gasteiger partial charge on any atom is -0.464 e. The van der Waals surface area contributed by atoms with E-state index in [2.05, 4.69) is 20.3 Å². The molecule has 0 saturated heterocycles. The van der Waals surface area contributed by atoms with Gasteiger partial charge in [0.05, 0.1) is 17.7 Å². The van der Waals surface area contributed by atoms with E-state index < -0.39 is 0 Å². The molecule has 8 heteroatoms. The first-order chi connectivity index (χ1) is 10.2. The quantitative estimate of drug-likeness (QED) is 0.857. The Labute approximate surface area is 120 Å². The second-order valence-corrected chi connectivity index (χ2v) is 3.84. The van der Waals surface area contributed by atoms with Crippen LogP contribution in [0.25, 0.3) is 0 Å². The molecule has 0 atom stereocenters. The molecule has 3 N–H and O–H groups in total. The van der Waals surface area contributed by atoms with E-state index >= 15 is 0 Å². The summed E-state index contributed by atoms with van der Waals surface area (Å²) in [4.78, 5) is 11.8. The summed E-state index contributed by atoms with van der Waals surface area (Å²) in [5.41, 5.74) is 6.68. The first-order valence-electron chi connectivity index (χ1n) is 6.02. The number of nitrogens with two attached hydrogens (primary N) is 1. The molecule has 2 aromatic rings. The highest BCUT2D eigenvalue weighted by Crippen LogP contribution is 2.19. The number of benzene rings is 1. The number of aromatic nitrogens is 3. The summed E-state index contributed by atoms with van der Waals surface area (Å²) >= 11 is 0. The maximum atomic E-state index is 8.99. The van der Waals surface area contributed by atoms with Gasteiger partial charge < -0.3 is 15.8 Å². The Kier molecular flexibility index (Phi) is 4.12. The summed E-state index contributed by atoms with van der Waals surface area (Å²) in [6, 6.07) is 8.71. The van der Waals surface area contributed by atoms with Crippen LogP contribution in [0.1, 0.15) is 18.1 Å².